The van der Waals surface area contributed by atoms with E-state index >= 15 is 0 Å². The molecule has 1 amide bonds. The first-order chi connectivity index (χ1) is 16.2. The molecule has 2 saturated heterocycles. The van der Waals surface area contributed by atoms with Gasteiger partial charge in [-0.05, 0) is 66.8 Å². The van der Waals surface area contributed by atoms with Crippen LogP contribution >= 0.6 is 11.9 Å². The van der Waals surface area contributed by atoms with Crippen LogP contribution in [0.3, 0.4) is 0 Å². The summed E-state index contributed by atoms with van der Waals surface area (Å²) in [7, 11) is 0. The van der Waals surface area contributed by atoms with E-state index < -0.39 is 0 Å². The summed E-state index contributed by atoms with van der Waals surface area (Å²) in [6.45, 7) is 6.36. The number of nitriles is 1. The predicted octanol–water partition coefficient (Wildman–Crippen LogP) is 3.35. The zero-order valence-electron chi connectivity index (χ0n) is 18.6. The van der Waals surface area contributed by atoms with Crippen molar-refractivity contribution in [2.24, 2.45) is 5.92 Å². The molecular formula is C25H28N4O3S. The zero-order valence-corrected chi connectivity index (χ0v) is 19.4. The Hall–Kier alpha value is -2.73. The largest absolute Gasteiger partial charge is 0.454 e. The molecule has 0 aromatic heterocycles. The lowest BCUT2D eigenvalue weighted by molar-refractivity contribution is -0.138. The second-order valence-corrected chi connectivity index (χ2v) is 9.89. The molecule has 172 valence electrons. The number of carbonyl (C=O) groups excluding carboxylic acids is 1. The molecule has 0 aliphatic carbocycles. The lowest BCUT2D eigenvalue weighted by Gasteiger charge is -2.38. The monoisotopic (exact) mass is 464 g/mol. The molecule has 3 aliphatic heterocycles. The highest BCUT2D eigenvalue weighted by atomic mass is 32.2. The van der Waals surface area contributed by atoms with Gasteiger partial charge in [0, 0.05) is 56.6 Å². The molecule has 33 heavy (non-hydrogen) atoms. The number of ether oxygens (including phenoxy) is 2. The summed E-state index contributed by atoms with van der Waals surface area (Å²) in [5, 5.41) is 8.94. The number of benzene rings is 2. The molecule has 2 fully saturated rings. The van der Waals surface area contributed by atoms with Crippen molar-refractivity contribution in [1.29, 1.82) is 5.26 Å². The Morgan fingerprint density at radius 3 is 2.42 bits per heavy atom. The zero-order chi connectivity index (χ0) is 22.6. The maximum absolute atomic E-state index is 13.1. The standard InChI is InChI=1S/C25H28N4O3S/c26-16-19-1-4-22(5-2-19)33-29-9-7-21(8-10-29)25(30)28-13-11-27(12-14-28)17-20-3-6-23-24(15-20)32-18-31-23/h1-6,15,21H,7-14,17-18H2. The smallest absolute Gasteiger partial charge is 0.231 e. The van der Waals surface area contributed by atoms with Crippen LogP contribution in [0.25, 0.3) is 0 Å². The van der Waals surface area contributed by atoms with E-state index in [4.69, 9.17) is 14.7 Å². The number of rotatable bonds is 5. The minimum Gasteiger partial charge on any atom is -0.454 e. The Morgan fingerprint density at radius 1 is 0.970 bits per heavy atom. The first-order valence-electron chi connectivity index (χ1n) is 11.5. The van der Waals surface area contributed by atoms with Gasteiger partial charge in [-0.15, -0.1) is 0 Å². The second-order valence-electron chi connectivity index (χ2n) is 8.72. The van der Waals surface area contributed by atoms with E-state index in [-0.39, 0.29) is 5.92 Å². The van der Waals surface area contributed by atoms with Crippen molar-refractivity contribution >= 4 is 17.9 Å². The van der Waals surface area contributed by atoms with Crippen LogP contribution in [0.2, 0.25) is 0 Å². The molecule has 2 aromatic carbocycles. The third kappa shape index (κ3) is 5.27. The van der Waals surface area contributed by atoms with E-state index in [2.05, 4.69) is 32.3 Å². The highest BCUT2D eigenvalue weighted by Gasteiger charge is 2.30. The van der Waals surface area contributed by atoms with Crippen molar-refractivity contribution in [3.63, 3.8) is 0 Å². The first-order valence-corrected chi connectivity index (χ1v) is 12.3. The molecule has 5 rings (SSSR count). The number of amides is 1. The van der Waals surface area contributed by atoms with Gasteiger partial charge >= 0.3 is 0 Å². The molecule has 0 radical (unpaired) electrons. The molecule has 0 atom stereocenters. The molecule has 0 saturated carbocycles. The Bertz CT molecular complexity index is 1020. The van der Waals surface area contributed by atoms with Crippen LogP contribution < -0.4 is 9.47 Å². The van der Waals surface area contributed by atoms with Crippen molar-refractivity contribution < 1.29 is 14.3 Å². The SMILES string of the molecule is N#Cc1ccc(SN2CCC(C(=O)N3CCN(Cc4ccc5c(c4)OCO5)CC3)CC2)cc1. The Kier molecular flexibility index (Phi) is 6.72. The number of carbonyl (C=O) groups is 1. The van der Waals surface area contributed by atoms with E-state index in [1.54, 1.807) is 11.9 Å². The van der Waals surface area contributed by atoms with Crippen molar-refractivity contribution in [2.75, 3.05) is 46.1 Å². The van der Waals surface area contributed by atoms with Crippen LogP contribution in [0.15, 0.2) is 47.4 Å². The van der Waals surface area contributed by atoms with E-state index in [1.807, 2.05) is 30.3 Å². The number of hydrogen-bond donors (Lipinski definition) is 0. The number of fused-ring (bicyclic) bond motifs is 1. The molecular weight excluding hydrogens is 436 g/mol. The third-order valence-electron chi connectivity index (χ3n) is 6.55. The van der Waals surface area contributed by atoms with Crippen molar-refractivity contribution in [1.82, 2.24) is 14.1 Å². The van der Waals surface area contributed by atoms with Gasteiger partial charge in [0.05, 0.1) is 11.6 Å². The minimum atomic E-state index is 0.128. The quantitative estimate of drug-likeness (QED) is 0.629. The van der Waals surface area contributed by atoms with E-state index in [0.29, 0.717) is 18.3 Å². The number of nitrogens with zero attached hydrogens (tertiary/aromatic N) is 4. The molecule has 0 spiro atoms. The van der Waals surface area contributed by atoms with Gasteiger partial charge in [-0.3, -0.25) is 9.69 Å². The maximum Gasteiger partial charge on any atom is 0.231 e. The van der Waals surface area contributed by atoms with Gasteiger partial charge in [0.15, 0.2) is 11.5 Å². The highest BCUT2D eigenvalue weighted by molar-refractivity contribution is 7.97. The fourth-order valence-corrected chi connectivity index (χ4v) is 5.56. The summed E-state index contributed by atoms with van der Waals surface area (Å²) in [5.41, 5.74) is 1.89. The average Bonchev–Trinajstić information content (AvgIpc) is 3.33. The van der Waals surface area contributed by atoms with Crippen molar-refractivity contribution in [2.45, 2.75) is 24.3 Å². The predicted molar refractivity (Wildman–Crippen MR) is 126 cm³/mol. The molecule has 0 N–H and O–H groups in total. The Balaban J connectivity index is 1.06. The van der Waals surface area contributed by atoms with Gasteiger partial charge in [0.25, 0.3) is 0 Å². The fourth-order valence-electron chi connectivity index (χ4n) is 4.62. The Morgan fingerprint density at radius 2 is 1.70 bits per heavy atom. The normalized spacial score (nSPS) is 19.4. The summed E-state index contributed by atoms with van der Waals surface area (Å²) in [4.78, 5) is 18.7. The van der Waals surface area contributed by atoms with Crippen LogP contribution in [0, 0.1) is 17.2 Å². The second kappa shape index (κ2) is 10.0. The molecule has 3 aliphatic rings. The summed E-state index contributed by atoms with van der Waals surface area (Å²) in [6, 6.07) is 16.0. The lowest BCUT2D eigenvalue weighted by Crippen LogP contribution is -2.51. The van der Waals surface area contributed by atoms with Crippen LogP contribution in [0.1, 0.15) is 24.0 Å². The van der Waals surface area contributed by atoms with Gasteiger partial charge in [0.1, 0.15) is 0 Å². The number of piperazine rings is 1. The summed E-state index contributed by atoms with van der Waals surface area (Å²) < 4.78 is 13.2. The molecule has 0 bridgehead atoms. The first kappa shape index (κ1) is 22.1. The molecule has 8 heteroatoms. The number of hydrogen-bond acceptors (Lipinski definition) is 7. The van der Waals surface area contributed by atoms with Crippen LogP contribution in [0.5, 0.6) is 11.5 Å². The summed E-state index contributed by atoms with van der Waals surface area (Å²) in [6.07, 6.45) is 1.80. The van der Waals surface area contributed by atoms with E-state index in [0.717, 1.165) is 75.0 Å². The number of piperidine rings is 1. The van der Waals surface area contributed by atoms with Gasteiger partial charge < -0.3 is 14.4 Å². The lowest BCUT2D eigenvalue weighted by atomic mass is 9.96. The topological polar surface area (TPSA) is 69.0 Å². The minimum absolute atomic E-state index is 0.128. The maximum atomic E-state index is 13.1. The van der Waals surface area contributed by atoms with E-state index in [9.17, 15) is 4.79 Å². The van der Waals surface area contributed by atoms with E-state index in [1.165, 1.54) is 5.56 Å². The molecule has 3 heterocycles. The molecule has 7 nitrogen and oxygen atoms in total. The van der Waals surface area contributed by atoms with Gasteiger partial charge in [-0.25, -0.2) is 4.31 Å². The summed E-state index contributed by atoms with van der Waals surface area (Å²) >= 11 is 1.72. The van der Waals surface area contributed by atoms with Crippen LogP contribution in [-0.4, -0.2) is 66.1 Å². The molecule has 2 aromatic rings. The fraction of sp³-hybridized carbons (Fsp3) is 0.440. The van der Waals surface area contributed by atoms with Crippen molar-refractivity contribution in [3.05, 3.63) is 53.6 Å². The summed E-state index contributed by atoms with van der Waals surface area (Å²) in [5.74, 6) is 2.09. The third-order valence-corrected chi connectivity index (χ3v) is 7.65. The average molecular weight is 465 g/mol. The molecule has 0 unspecified atom stereocenters. The van der Waals surface area contributed by atoms with Crippen LogP contribution in [0.4, 0.5) is 0 Å². The van der Waals surface area contributed by atoms with Crippen LogP contribution in [-0.2, 0) is 11.3 Å². The van der Waals surface area contributed by atoms with Gasteiger partial charge in [-0.1, -0.05) is 6.07 Å². The Labute approximate surface area is 199 Å². The van der Waals surface area contributed by atoms with Gasteiger partial charge in [0.2, 0.25) is 12.7 Å². The highest BCUT2D eigenvalue weighted by Crippen LogP contribution is 2.33. The van der Waals surface area contributed by atoms with Crippen molar-refractivity contribution in [3.8, 4) is 17.6 Å². The van der Waals surface area contributed by atoms with Gasteiger partial charge in [-0.2, -0.15) is 5.26 Å².